The summed E-state index contributed by atoms with van der Waals surface area (Å²) in [6, 6.07) is 14.1. The Hall–Kier alpha value is -3.62. The number of rotatable bonds is 6. The van der Waals surface area contributed by atoms with E-state index in [2.05, 4.69) is 45.6 Å². The molecule has 0 unspecified atom stereocenters. The Morgan fingerprint density at radius 1 is 1.10 bits per heavy atom. The van der Waals surface area contributed by atoms with Crippen molar-refractivity contribution in [1.82, 2.24) is 25.1 Å². The van der Waals surface area contributed by atoms with Gasteiger partial charge < -0.3 is 19.8 Å². The van der Waals surface area contributed by atoms with Crippen LogP contribution in [0.15, 0.2) is 36.4 Å². The Bertz CT molecular complexity index is 1380. The standard InChI is InChI=1S/C29H36N8O2.H2S/c1-20-14-21(2)26(28(39)36-12-13-37(25(18-36)19-38)29-31-32-33-34(29)3)16-24(20)15-22-8-10-35(11-9-22)27-7-5-4-6-23(27)17-30;/h4-7,14,16,22,25,38H,8-13,15,18-19H2,1-3H3;1H2/t25-;/m0./s1. The quantitative estimate of drug-likeness (QED) is 0.488. The molecule has 0 spiro atoms. The molecule has 40 heavy (non-hydrogen) atoms. The Morgan fingerprint density at radius 3 is 2.52 bits per heavy atom. The number of aliphatic hydroxyl groups excluding tert-OH is 1. The molecule has 2 aromatic carbocycles. The molecule has 0 radical (unpaired) electrons. The van der Waals surface area contributed by atoms with Crippen LogP contribution in [0.4, 0.5) is 11.6 Å². The topological polar surface area (TPSA) is 114 Å². The van der Waals surface area contributed by atoms with Gasteiger partial charge >= 0.3 is 0 Å². The van der Waals surface area contributed by atoms with E-state index in [9.17, 15) is 15.2 Å². The van der Waals surface area contributed by atoms with Gasteiger partial charge in [-0.1, -0.05) is 23.3 Å². The maximum atomic E-state index is 13.7. The van der Waals surface area contributed by atoms with Crippen molar-refractivity contribution in [2.45, 2.75) is 39.2 Å². The van der Waals surface area contributed by atoms with Crippen LogP contribution in [0.2, 0.25) is 0 Å². The summed E-state index contributed by atoms with van der Waals surface area (Å²) >= 11 is 0. The molecule has 2 aliphatic rings. The van der Waals surface area contributed by atoms with Crippen molar-refractivity contribution in [3.63, 3.8) is 0 Å². The lowest BCUT2D eigenvalue weighted by Gasteiger charge is -2.40. The predicted molar refractivity (Wildman–Crippen MR) is 159 cm³/mol. The molecular formula is C29H38N8O2S. The lowest BCUT2D eigenvalue weighted by Crippen LogP contribution is -2.57. The lowest BCUT2D eigenvalue weighted by molar-refractivity contribution is 0.0696. The number of anilines is 2. The molecule has 0 bridgehead atoms. The average molecular weight is 563 g/mol. The fraction of sp³-hybridized carbons (Fsp3) is 0.483. The fourth-order valence-corrected chi connectivity index (χ4v) is 5.98. The number of carbonyl (C=O) groups excluding carboxylic acids is 1. The first-order valence-electron chi connectivity index (χ1n) is 13.6. The molecule has 2 saturated heterocycles. The van der Waals surface area contributed by atoms with Crippen molar-refractivity contribution in [2.75, 3.05) is 49.1 Å². The van der Waals surface area contributed by atoms with E-state index in [1.807, 2.05) is 41.0 Å². The predicted octanol–water partition coefficient (Wildman–Crippen LogP) is 2.59. The molecule has 2 aliphatic heterocycles. The first kappa shape index (κ1) is 29.4. The minimum Gasteiger partial charge on any atom is -0.394 e. The van der Waals surface area contributed by atoms with Crippen molar-refractivity contribution in [3.05, 3.63) is 64.2 Å². The molecule has 0 saturated carbocycles. The van der Waals surface area contributed by atoms with Crippen LogP contribution in [0.3, 0.4) is 0 Å². The molecule has 1 amide bonds. The maximum absolute atomic E-state index is 13.7. The highest BCUT2D eigenvalue weighted by Gasteiger charge is 2.33. The molecule has 3 heterocycles. The molecule has 2 fully saturated rings. The SMILES string of the molecule is Cc1cc(C)c(C(=O)N2CCN(c3nnnn3C)[C@H](CO)C2)cc1CC1CCN(c2ccccc2C#N)CC1.S. The molecule has 212 valence electrons. The molecule has 1 aromatic heterocycles. The number of amides is 1. The summed E-state index contributed by atoms with van der Waals surface area (Å²) < 4.78 is 1.59. The monoisotopic (exact) mass is 562 g/mol. The third-order valence-corrected chi connectivity index (χ3v) is 8.24. The molecule has 1 N–H and O–H groups in total. The van der Waals surface area contributed by atoms with E-state index in [0.717, 1.165) is 54.7 Å². The van der Waals surface area contributed by atoms with E-state index in [4.69, 9.17) is 0 Å². The van der Waals surface area contributed by atoms with Gasteiger partial charge in [-0.05, 0) is 84.3 Å². The van der Waals surface area contributed by atoms with E-state index < -0.39 is 0 Å². The van der Waals surface area contributed by atoms with Crippen molar-refractivity contribution < 1.29 is 9.90 Å². The molecule has 10 nitrogen and oxygen atoms in total. The van der Waals surface area contributed by atoms with Gasteiger partial charge in [0.2, 0.25) is 5.95 Å². The number of hydrogen-bond acceptors (Lipinski definition) is 8. The Labute approximate surface area is 242 Å². The number of carbonyl (C=O) groups is 1. The third kappa shape index (κ3) is 5.93. The number of tetrazole rings is 1. The van der Waals surface area contributed by atoms with Gasteiger partial charge in [-0.3, -0.25) is 4.79 Å². The molecule has 11 heteroatoms. The molecule has 3 aromatic rings. The zero-order chi connectivity index (χ0) is 27.5. The number of aromatic nitrogens is 4. The molecule has 5 rings (SSSR count). The molecule has 1 atom stereocenters. The van der Waals surface area contributed by atoms with E-state index >= 15 is 0 Å². The van der Waals surface area contributed by atoms with E-state index in [1.54, 1.807) is 11.7 Å². The average Bonchev–Trinajstić information content (AvgIpc) is 3.39. The minimum atomic E-state index is -0.269. The number of benzene rings is 2. The first-order valence-corrected chi connectivity index (χ1v) is 13.6. The second-order valence-electron chi connectivity index (χ2n) is 10.7. The number of nitrogens with zero attached hydrogens (tertiary/aromatic N) is 8. The van der Waals surface area contributed by atoms with Crippen molar-refractivity contribution >= 4 is 31.0 Å². The number of piperidine rings is 1. The van der Waals surface area contributed by atoms with Crippen molar-refractivity contribution in [2.24, 2.45) is 13.0 Å². The largest absolute Gasteiger partial charge is 0.394 e. The summed E-state index contributed by atoms with van der Waals surface area (Å²) in [5.74, 6) is 1.13. The van der Waals surface area contributed by atoms with Gasteiger partial charge in [0.1, 0.15) is 6.07 Å². The summed E-state index contributed by atoms with van der Waals surface area (Å²) in [6.07, 6.45) is 3.03. The second-order valence-corrected chi connectivity index (χ2v) is 10.7. The van der Waals surface area contributed by atoms with Crippen LogP contribution in [0.1, 0.15) is 45.5 Å². The lowest BCUT2D eigenvalue weighted by atomic mass is 9.86. The van der Waals surface area contributed by atoms with Crippen LogP contribution in [-0.4, -0.2) is 81.5 Å². The Morgan fingerprint density at radius 2 is 1.85 bits per heavy atom. The Balaban J connectivity index is 0.00000370. The van der Waals surface area contributed by atoms with Crippen LogP contribution < -0.4 is 9.80 Å². The van der Waals surface area contributed by atoms with Gasteiger partial charge in [0.15, 0.2) is 0 Å². The van der Waals surface area contributed by atoms with Crippen LogP contribution in [0, 0.1) is 31.1 Å². The smallest absolute Gasteiger partial charge is 0.254 e. The normalized spacial score (nSPS) is 17.9. The van der Waals surface area contributed by atoms with E-state index in [1.165, 1.54) is 11.1 Å². The zero-order valence-corrected chi connectivity index (χ0v) is 24.4. The van der Waals surface area contributed by atoms with Crippen LogP contribution >= 0.6 is 13.5 Å². The number of nitriles is 1. The summed E-state index contributed by atoms with van der Waals surface area (Å²) in [5, 5.41) is 31.3. The molecule has 0 aliphatic carbocycles. The summed E-state index contributed by atoms with van der Waals surface area (Å²) in [6.45, 7) is 7.38. The number of piperazine rings is 1. The van der Waals surface area contributed by atoms with E-state index in [-0.39, 0.29) is 32.1 Å². The highest BCUT2D eigenvalue weighted by Crippen LogP contribution is 2.30. The van der Waals surface area contributed by atoms with Gasteiger partial charge in [-0.15, -0.1) is 0 Å². The highest BCUT2D eigenvalue weighted by molar-refractivity contribution is 7.59. The van der Waals surface area contributed by atoms with Crippen molar-refractivity contribution in [3.8, 4) is 6.07 Å². The van der Waals surface area contributed by atoms with Crippen molar-refractivity contribution in [1.29, 1.82) is 5.26 Å². The van der Waals surface area contributed by atoms with Crippen LogP contribution in [0.5, 0.6) is 0 Å². The number of para-hydroxylation sites is 1. The maximum Gasteiger partial charge on any atom is 0.254 e. The Kier molecular flexibility index (Phi) is 9.32. The summed E-state index contributed by atoms with van der Waals surface area (Å²) in [5.41, 5.74) is 5.91. The second kappa shape index (κ2) is 12.7. The highest BCUT2D eigenvalue weighted by atomic mass is 32.1. The zero-order valence-electron chi connectivity index (χ0n) is 23.4. The van der Waals surface area contributed by atoms with Crippen LogP contribution in [-0.2, 0) is 13.5 Å². The third-order valence-electron chi connectivity index (χ3n) is 8.24. The van der Waals surface area contributed by atoms with Gasteiger partial charge in [-0.2, -0.15) is 18.8 Å². The summed E-state index contributed by atoms with van der Waals surface area (Å²) in [4.78, 5) is 19.8. The van der Waals surface area contributed by atoms with E-state index in [0.29, 0.717) is 31.5 Å². The van der Waals surface area contributed by atoms with Gasteiger partial charge in [0, 0.05) is 45.3 Å². The number of aliphatic hydroxyl groups is 1. The number of hydrogen-bond donors (Lipinski definition) is 1. The number of aryl methyl sites for hydroxylation is 3. The van der Waals surface area contributed by atoms with Crippen LogP contribution in [0.25, 0.3) is 0 Å². The van der Waals surface area contributed by atoms with Gasteiger partial charge in [-0.25, -0.2) is 4.68 Å². The summed E-state index contributed by atoms with van der Waals surface area (Å²) in [7, 11) is 1.77. The van der Waals surface area contributed by atoms with Gasteiger partial charge in [0.25, 0.3) is 5.91 Å². The fourth-order valence-electron chi connectivity index (χ4n) is 5.98. The molecular weight excluding hydrogens is 524 g/mol. The first-order chi connectivity index (χ1) is 18.9. The van der Waals surface area contributed by atoms with Gasteiger partial charge in [0.05, 0.1) is 23.9 Å². The minimum absolute atomic E-state index is 0.